The average Bonchev–Trinajstić information content (AvgIpc) is 2.61. The van der Waals surface area contributed by atoms with E-state index >= 15 is 0 Å². The standard InChI is InChI=1S/C19H21FN2O.ClH/c20-17-10-4-8-15(12-17)18(14-6-2-1-3-7-14)22-19(23)16-9-5-11-21-13-16;/h1-4,6-8,10,12,16,18,21H,5,9,11,13H2,(H,22,23);1H. The summed E-state index contributed by atoms with van der Waals surface area (Å²) in [5, 5.41) is 6.36. The molecule has 0 bridgehead atoms. The van der Waals surface area contributed by atoms with Crippen molar-refractivity contribution < 1.29 is 9.18 Å². The molecule has 3 rings (SSSR count). The molecule has 0 aromatic heterocycles. The van der Waals surface area contributed by atoms with Crippen molar-refractivity contribution in [1.29, 1.82) is 0 Å². The molecule has 2 atom stereocenters. The largest absolute Gasteiger partial charge is 0.345 e. The fourth-order valence-electron chi connectivity index (χ4n) is 3.03. The first kappa shape index (κ1) is 18.4. The van der Waals surface area contributed by atoms with E-state index in [0.29, 0.717) is 6.54 Å². The van der Waals surface area contributed by atoms with Gasteiger partial charge in [-0.1, -0.05) is 42.5 Å². The molecular weight excluding hydrogens is 327 g/mol. The number of carbonyl (C=O) groups excluding carboxylic acids is 1. The lowest BCUT2D eigenvalue weighted by Gasteiger charge is -2.26. The van der Waals surface area contributed by atoms with Gasteiger partial charge in [0.25, 0.3) is 0 Å². The molecule has 5 heteroatoms. The Bertz CT molecular complexity index is 659. The van der Waals surface area contributed by atoms with Crippen LogP contribution in [-0.2, 0) is 4.79 Å². The highest BCUT2D eigenvalue weighted by atomic mass is 35.5. The highest BCUT2D eigenvalue weighted by Gasteiger charge is 2.24. The van der Waals surface area contributed by atoms with Gasteiger partial charge in [-0.15, -0.1) is 12.4 Å². The number of amides is 1. The van der Waals surface area contributed by atoms with Gasteiger partial charge in [-0.3, -0.25) is 4.79 Å². The number of carbonyl (C=O) groups is 1. The summed E-state index contributed by atoms with van der Waals surface area (Å²) in [7, 11) is 0. The van der Waals surface area contributed by atoms with Crippen molar-refractivity contribution >= 4 is 18.3 Å². The predicted molar refractivity (Wildman–Crippen MR) is 95.7 cm³/mol. The van der Waals surface area contributed by atoms with Gasteiger partial charge in [0, 0.05) is 6.54 Å². The van der Waals surface area contributed by atoms with Crippen molar-refractivity contribution in [2.24, 2.45) is 5.92 Å². The summed E-state index contributed by atoms with van der Waals surface area (Å²) < 4.78 is 13.6. The number of benzene rings is 2. The summed E-state index contributed by atoms with van der Waals surface area (Å²) in [6.45, 7) is 1.67. The first-order valence-electron chi connectivity index (χ1n) is 8.05. The Morgan fingerprint density at radius 1 is 1.12 bits per heavy atom. The third-order valence-corrected chi connectivity index (χ3v) is 4.27. The Morgan fingerprint density at radius 2 is 1.88 bits per heavy atom. The minimum Gasteiger partial charge on any atom is -0.345 e. The fourth-order valence-corrected chi connectivity index (χ4v) is 3.03. The molecule has 0 radical (unpaired) electrons. The van der Waals surface area contributed by atoms with Crippen LogP contribution >= 0.6 is 12.4 Å². The summed E-state index contributed by atoms with van der Waals surface area (Å²) in [6.07, 6.45) is 1.90. The summed E-state index contributed by atoms with van der Waals surface area (Å²) in [4.78, 5) is 12.6. The molecule has 0 aliphatic carbocycles. The van der Waals surface area contributed by atoms with Crippen LogP contribution in [-0.4, -0.2) is 19.0 Å². The van der Waals surface area contributed by atoms with E-state index in [0.717, 1.165) is 30.5 Å². The normalized spacial score (nSPS) is 18.3. The molecule has 2 aromatic rings. The second kappa shape index (κ2) is 8.81. The first-order valence-corrected chi connectivity index (χ1v) is 8.05. The molecule has 1 saturated heterocycles. The van der Waals surface area contributed by atoms with Crippen LogP contribution in [0.15, 0.2) is 54.6 Å². The van der Waals surface area contributed by atoms with Gasteiger partial charge in [0.15, 0.2) is 0 Å². The lowest BCUT2D eigenvalue weighted by atomic mass is 9.95. The van der Waals surface area contributed by atoms with Crippen molar-refractivity contribution in [3.8, 4) is 0 Å². The summed E-state index contributed by atoms with van der Waals surface area (Å²) in [5.41, 5.74) is 1.71. The van der Waals surface area contributed by atoms with Crippen LogP contribution in [0, 0.1) is 11.7 Å². The fraction of sp³-hybridized carbons (Fsp3) is 0.316. The predicted octanol–water partition coefficient (Wildman–Crippen LogP) is 3.45. The quantitative estimate of drug-likeness (QED) is 0.888. The van der Waals surface area contributed by atoms with Crippen LogP contribution in [0.2, 0.25) is 0 Å². The maximum absolute atomic E-state index is 13.6. The van der Waals surface area contributed by atoms with Crippen molar-refractivity contribution in [1.82, 2.24) is 10.6 Å². The van der Waals surface area contributed by atoms with Crippen LogP contribution in [0.25, 0.3) is 0 Å². The highest BCUT2D eigenvalue weighted by molar-refractivity contribution is 5.85. The number of rotatable bonds is 4. The molecule has 1 heterocycles. The third-order valence-electron chi connectivity index (χ3n) is 4.27. The molecule has 128 valence electrons. The van der Waals surface area contributed by atoms with Gasteiger partial charge in [-0.2, -0.15) is 0 Å². The van der Waals surface area contributed by atoms with E-state index in [1.807, 2.05) is 36.4 Å². The minimum absolute atomic E-state index is 0. The van der Waals surface area contributed by atoms with Crippen LogP contribution in [0.3, 0.4) is 0 Å². The maximum atomic E-state index is 13.6. The van der Waals surface area contributed by atoms with E-state index in [-0.39, 0.29) is 36.1 Å². The molecule has 1 fully saturated rings. The van der Waals surface area contributed by atoms with Gasteiger partial charge in [0.2, 0.25) is 5.91 Å². The highest BCUT2D eigenvalue weighted by Crippen LogP contribution is 2.24. The lowest BCUT2D eigenvalue weighted by Crippen LogP contribution is -2.42. The average molecular weight is 349 g/mol. The van der Waals surface area contributed by atoms with E-state index in [2.05, 4.69) is 10.6 Å². The number of halogens is 2. The minimum atomic E-state index is -0.332. The molecule has 3 nitrogen and oxygen atoms in total. The SMILES string of the molecule is Cl.O=C(NC(c1ccccc1)c1cccc(F)c1)C1CCCNC1. The van der Waals surface area contributed by atoms with Gasteiger partial charge in [0.1, 0.15) is 5.82 Å². The Labute approximate surface area is 148 Å². The van der Waals surface area contributed by atoms with Crippen molar-refractivity contribution in [3.63, 3.8) is 0 Å². The molecule has 24 heavy (non-hydrogen) atoms. The number of hydrogen-bond acceptors (Lipinski definition) is 2. The van der Waals surface area contributed by atoms with Gasteiger partial charge in [-0.25, -0.2) is 4.39 Å². The van der Waals surface area contributed by atoms with E-state index < -0.39 is 0 Å². The number of piperidine rings is 1. The zero-order chi connectivity index (χ0) is 16.1. The van der Waals surface area contributed by atoms with Gasteiger partial charge < -0.3 is 10.6 Å². The van der Waals surface area contributed by atoms with Crippen molar-refractivity contribution in [2.45, 2.75) is 18.9 Å². The van der Waals surface area contributed by atoms with Crippen LogP contribution in [0.4, 0.5) is 4.39 Å². The molecule has 1 aliphatic heterocycles. The van der Waals surface area contributed by atoms with E-state index in [1.165, 1.54) is 12.1 Å². The molecule has 2 aromatic carbocycles. The van der Waals surface area contributed by atoms with E-state index in [4.69, 9.17) is 0 Å². The maximum Gasteiger partial charge on any atom is 0.225 e. The van der Waals surface area contributed by atoms with E-state index in [9.17, 15) is 9.18 Å². The zero-order valence-corrected chi connectivity index (χ0v) is 14.2. The second-order valence-electron chi connectivity index (χ2n) is 5.95. The molecular formula is C19H22ClFN2O. The second-order valence-corrected chi connectivity index (χ2v) is 5.95. The van der Waals surface area contributed by atoms with Gasteiger partial charge in [0.05, 0.1) is 12.0 Å². The summed E-state index contributed by atoms with van der Waals surface area (Å²) in [5.74, 6) is -0.296. The van der Waals surface area contributed by atoms with Crippen LogP contribution in [0.5, 0.6) is 0 Å². The Balaban J connectivity index is 0.00000208. The molecule has 1 amide bonds. The van der Waals surface area contributed by atoms with Gasteiger partial charge in [-0.05, 0) is 42.6 Å². The number of hydrogen-bond donors (Lipinski definition) is 2. The molecule has 2 N–H and O–H groups in total. The third kappa shape index (κ3) is 4.56. The molecule has 1 aliphatic rings. The smallest absolute Gasteiger partial charge is 0.225 e. The number of nitrogens with one attached hydrogen (secondary N) is 2. The molecule has 2 unspecified atom stereocenters. The Hall–Kier alpha value is -1.91. The van der Waals surface area contributed by atoms with Gasteiger partial charge >= 0.3 is 0 Å². The molecule has 0 spiro atoms. The monoisotopic (exact) mass is 348 g/mol. The summed E-state index contributed by atoms with van der Waals surface area (Å²) in [6, 6.07) is 15.8. The van der Waals surface area contributed by atoms with Crippen molar-refractivity contribution in [3.05, 3.63) is 71.5 Å². The van der Waals surface area contributed by atoms with E-state index in [1.54, 1.807) is 6.07 Å². The first-order chi connectivity index (χ1) is 11.2. The van der Waals surface area contributed by atoms with Crippen LogP contribution < -0.4 is 10.6 Å². The topological polar surface area (TPSA) is 41.1 Å². The van der Waals surface area contributed by atoms with Crippen molar-refractivity contribution in [2.75, 3.05) is 13.1 Å². The Morgan fingerprint density at radius 3 is 2.54 bits per heavy atom. The van der Waals surface area contributed by atoms with Crippen LogP contribution in [0.1, 0.15) is 30.0 Å². The summed E-state index contributed by atoms with van der Waals surface area (Å²) >= 11 is 0. The molecule has 0 saturated carbocycles. The zero-order valence-electron chi connectivity index (χ0n) is 13.4. The Kier molecular flexibility index (Phi) is 6.76. The lowest BCUT2D eigenvalue weighted by molar-refractivity contribution is -0.126.